The fourth-order valence-corrected chi connectivity index (χ4v) is 8.79. The zero-order valence-electron chi connectivity index (χ0n) is 40.4. The van der Waals surface area contributed by atoms with Crippen LogP contribution in [0.1, 0.15) is 120 Å². The van der Waals surface area contributed by atoms with Crippen LogP contribution in [0.3, 0.4) is 0 Å². The number of hydrogen-bond donors (Lipinski definition) is 1. The lowest BCUT2D eigenvalue weighted by atomic mass is 9.86. The summed E-state index contributed by atoms with van der Waals surface area (Å²) in [6.45, 7) is 21.5. The van der Waals surface area contributed by atoms with Crippen molar-refractivity contribution in [3.63, 3.8) is 0 Å². The third-order valence-electron chi connectivity index (χ3n) is 12.1. The van der Waals surface area contributed by atoms with Crippen LogP contribution < -0.4 is 14.2 Å². The molecule has 0 bridgehead atoms. The molecule has 6 aromatic carbocycles. The van der Waals surface area contributed by atoms with E-state index in [-0.39, 0.29) is 32.3 Å². The summed E-state index contributed by atoms with van der Waals surface area (Å²) < 4.78 is 17.8. The Morgan fingerprint density at radius 3 is 1.26 bits per heavy atom. The summed E-state index contributed by atoms with van der Waals surface area (Å²) in [6.07, 6.45) is 1.91. The smallest absolute Gasteiger partial charge is 0.298 e. The van der Waals surface area contributed by atoms with Crippen molar-refractivity contribution in [3.05, 3.63) is 197 Å². The minimum absolute atomic E-state index is 0. The van der Waals surface area contributed by atoms with E-state index in [9.17, 15) is 9.90 Å². The molecule has 6 aromatic rings. The highest BCUT2D eigenvalue weighted by atomic mass is 35.5. The lowest BCUT2D eigenvalue weighted by Crippen LogP contribution is -2.38. The van der Waals surface area contributed by atoms with Crippen LogP contribution in [0.4, 0.5) is 0 Å². The predicted molar refractivity (Wildman–Crippen MR) is 276 cm³/mol. The second-order valence-electron chi connectivity index (χ2n) is 17.8. The van der Waals surface area contributed by atoms with E-state index in [2.05, 4.69) is 150 Å². The number of ether oxygens (including phenoxy) is 3. The van der Waals surface area contributed by atoms with Crippen LogP contribution in [-0.4, -0.2) is 58.6 Å². The molecule has 0 aromatic heterocycles. The molecule has 2 atom stereocenters. The van der Waals surface area contributed by atoms with E-state index in [1.54, 1.807) is 6.07 Å². The highest BCUT2D eigenvalue weighted by molar-refractivity contribution is 5.85. The monoisotopic (exact) mass is 915 g/mol. The van der Waals surface area contributed by atoms with Gasteiger partial charge in [0.15, 0.2) is 0 Å². The lowest BCUT2D eigenvalue weighted by Gasteiger charge is -2.32. The maximum absolute atomic E-state index is 11.0. The van der Waals surface area contributed by atoms with E-state index in [0.29, 0.717) is 49.6 Å². The molecule has 0 aliphatic heterocycles. The number of hydrogen-bond acceptors (Lipinski definition) is 7. The lowest BCUT2D eigenvalue weighted by molar-refractivity contribution is -0.120. The number of rotatable bonds is 23. The summed E-state index contributed by atoms with van der Waals surface area (Å²) in [7, 11) is 0. The van der Waals surface area contributed by atoms with Gasteiger partial charge < -0.3 is 19.3 Å². The second-order valence-corrected chi connectivity index (χ2v) is 17.8. The maximum atomic E-state index is 11.0. The first kappa shape index (κ1) is 53.2. The van der Waals surface area contributed by atoms with Crippen molar-refractivity contribution in [2.75, 3.05) is 13.1 Å². The fourth-order valence-electron chi connectivity index (χ4n) is 8.79. The summed E-state index contributed by atoms with van der Waals surface area (Å²) in [5, 5.41) is 9.83. The van der Waals surface area contributed by atoms with Crippen molar-refractivity contribution in [2.45, 2.75) is 124 Å². The zero-order chi connectivity index (χ0) is 46.6. The van der Waals surface area contributed by atoms with E-state index in [1.807, 2.05) is 66.7 Å². The first-order valence-corrected chi connectivity index (χ1v) is 23.4. The van der Waals surface area contributed by atoms with Gasteiger partial charge in [0.2, 0.25) is 0 Å². The van der Waals surface area contributed by atoms with Crippen LogP contribution in [0.25, 0.3) is 0 Å². The van der Waals surface area contributed by atoms with Crippen LogP contribution in [0.2, 0.25) is 0 Å². The Hall–Kier alpha value is -5.44. The summed E-state index contributed by atoms with van der Waals surface area (Å²) in [6, 6.07) is 55.2. The van der Waals surface area contributed by atoms with Crippen molar-refractivity contribution < 1.29 is 25.5 Å². The largest absolute Gasteiger partial charge is 0.489 e. The standard InChI is InChI=1S/C29H35NO3.C29H37NO2.ClH.H2/c1-22(2)30(23(3)4)18-17-27(25-13-9-6-10-14-25)28-19-26(33-21-31)15-16-29(28)32-20-24-11-7-5-8-12-24;1-22(2)30(23(3)4)18-17-27(26-13-9-6-10-14-26)28-19-25(20-31)15-16-29(28)32-21-24-11-7-5-8-12-24;;/h5-16,19,21-23,27H,17-18,20H2,1-4H3;5-16,19,22-23,27,31H,17-18,20-21H2,1-4H3;2*1H/t2*27-;;/m11../s1. The molecule has 0 saturated carbocycles. The van der Waals surface area contributed by atoms with Crippen LogP contribution >= 0.6 is 12.4 Å². The molecule has 0 radical (unpaired) electrons. The third-order valence-corrected chi connectivity index (χ3v) is 12.1. The molecule has 0 unspecified atom stereocenters. The van der Waals surface area contributed by atoms with Gasteiger partial charge in [0.1, 0.15) is 30.5 Å². The molecule has 0 saturated heterocycles. The molecule has 0 spiro atoms. The van der Waals surface area contributed by atoms with Crippen molar-refractivity contribution in [2.24, 2.45) is 0 Å². The van der Waals surface area contributed by atoms with Gasteiger partial charge in [0, 0.05) is 48.6 Å². The van der Waals surface area contributed by atoms with Crippen molar-refractivity contribution >= 4 is 18.9 Å². The number of nitrogens with zero attached hydrogens (tertiary/aromatic N) is 2. The first-order chi connectivity index (χ1) is 31.5. The fraction of sp³-hybridized carbons (Fsp3) is 0.362. The van der Waals surface area contributed by atoms with Gasteiger partial charge in [-0.15, -0.1) is 12.4 Å². The quantitative estimate of drug-likeness (QED) is 0.0642. The van der Waals surface area contributed by atoms with E-state index >= 15 is 0 Å². The third kappa shape index (κ3) is 16.2. The van der Waals surface area contributed by atoms with Gasteiger partial charge in [-0.05, 0) is 139 Å². The van der Waals surface area contributed by atoms with Crippen LogP contribution in [0.5, 0.6) is 17.2 Å². The molecule has 6 rings (SSSR count). The second kappa shape index (κ2) is 27.9. The molecule has 7 nitrogen and oxygen atoms in total. The number of aliphatic hydroxyl groups excluding tert-OH is 1. The van der Waals surface area contributed by atoms with Gasteiger partial charge in [-0.25, -0.2) is 0 Å². The molecule has 1 N–H and O–H groups in total. The molecule has 354 valence electrons. The normalized spacial score (nSPS) is 12.2. The van der Waals surface area contributed by atoms with Gasteiger partial charge in [0.25, 0.3) is 6.47 Å². The highest BCUT2D eigenvalue weighted by Gasteiger charge is 2.24. The van der Waals surface area contributed by atoms with Crippen molar-refractivity contribution in [1.82, 2.24) is 9.80 Å². The molecule has 0 fully saturated rings. The molecule has 0 heterocycles. The summed E-state index contributed by atoms with van der Waals surface area (Å²) in [5.74, 6) is 2.52. The molecular weight excluding hydrogens is 840 g/mol. The SMILES string of the molecule is CC(C)N(CC[C@H](c1ccccc1)c1cc(CO)ccc1OCc1ccccc1)C(C)C.CC(C)N(CC[C@H](c1ccccc1)c1cc(OC=O)ccc1OCc1ccccc1)C(C)C.Cl.[HH]. The minimum Gasteiger partial charge on any atom is -0.489 e. The molecule has 0 amide bonds. The molecule has 66 heavy (non-hydrogen) atoms. The Balaban J connectivity index is 0.000000345. The van der Waals surface area contributed by atoms with Gasteiger partial charge in [-0.1, -0.05) is 127 Å². The van der Waals surface area contributed by atoms with E-state index in [0.717, 1.165) is 65.2 Å². The zero-order valence-corrected chi connectivity index (χ0v) is 41.2. The Morgan fingerprint density at radius 1 is 0.500 bits per heavy atom. The molecule has 0 aliphatic carbocycles. The summed E-state index contributed by atoms with van der Waals surface area (Å²) in [4.78, 5) is 16.1. The highest BCUT2D eigenvalue weighted by Crippen LogP contribution is 2.39. The van der Waals surface area contributed by atoms with E-state index in [1.165, 1.54) is 11.1 Å². The van der Waals surface area contributed by atoms with Crippen LogP contribution in [-0.2, 0) is 24.6 Å². The van der Waals surface area contributed by atoms with Gasteiger partial charge >= 0.3 is 0 Å². The van der Waals surface area contributed by atoms with Crippen molar-refractivity contribution in [3.8, 4) is 17.2 Å². The molecule has 8 heteroatoms. The number of benzene rings is 6. The van der Waals surface area contributed by atoms with Gasteiger partial charge in [-0.2, -0.15) is 0 Å². The topological polar surface area (TPSA) is 71.5 Å². The van der Waals surface area contributed by atoms with Crippen LogP contribution in [0.15, 0.2) is 158 Å². The number of halogens is 1. The minimum atomic E-state index is 0. The van der Waals surface area contributed by atoms with Gasteiger partial charge in [0.05, 0.1) is 6.61 Å². The number of carbonyl (C=O) groups excluding carboxylic acids is 1. The van der Waals surface area contributed by atoms with E-state index < -0.39 is 0 Å². The molecular formula is C58H75ClN2O5. The average molecular weight is 916 g/mol. The Kier molecular flexibility index (Phi) is 22.5. The summed E-state index contributed by atoms with van der Waals surface area (Å²) >= 11 is 0. The predicted octanol–water partition coefficient (Wildman–Crippen LogP) is 13.5. The number of aliphatic hydroxyl groups is 1. The van der Waals surface area contributed by atoms with Gasteiger partial charge in [-0.3, -0.25) is 14.6 Å². The first-order valence-electron chi connectivity index (χ1n) is 23.4. The Morgan fingerprint density at radius 2 is 0.879 bits per heavy atom. The van der Waals surface area contributed by atoms with Crippen molar-refractivity contribution in [1.29, 1.82) is 0 Å². The Labute approximate surface area is 403 Å². The average Bonchev–Trinajstić information content (AvgIpc) is 3.32. The maximum Gasteiger partial charge on any atom is 0.298 e. The van der Waals surface area contributed by atoms with Crippen LogP contribution in [0, 0.1) is 0 Å². The number of carbonyl (C=O) groups is 1. The Bertz CT molecular complexity index is 2250. The molecule has 0 aliphatic rings. The van der Waals surface area contributed by atoms with E-state index in [4.69, 9.17) is 14.2 Å². The summed E-state index contributed by atoms with van der Waals surface area (Å²) in [5.41, 5.74) is 7.84.